The first kappa shape index (κ1) is 16.0. The van der Waals surface area contributed by atoms with Gasteiger partial charge in [0.25, 0.3) is 0 Å². The zero-order valence-electron chi connectivity index (χ0n) is 13.9. The Morgan fingerprint density at radius 2 is 1.91 bits per heavy atom. The van der Waals surface area contributed by atoms with Gasteiger partial charge in [0.05, 0.1) is 20.2 Å². The summed E-state index contributed by atoms with van der Waals surface area (Å²) in [5.41, 5.74) is 1.27. The van der Waals surface area contributed by atoms with Crippen molar-refractivity contribution in [3.8, 4) is 0 Å². The van der Waals surface area contributed by atoms with Gasteiger partial charge in [-0.2, -0.15) is 0 Å². The van der Waals surface area contributed by atoms with Crippen LogP contribution in [0.15, 0.2) is 30.3 Å². The molecule has 1 aromatic carbocycles. The summed E-state index contributed by atoms with van der Waals surface area (Å²) in [5, 5.41) is 12.4. The van der Waals surface area contributed by atoms with Crippen LogP contribution in [-0.2, 0) is 11.3 Å². The number of tetrazole rings is 1. The first-order valence-electron chi connectivity index (χ1n) is 8.25. The molecule has 124 valence electrons. The SMILES string of the molecule is COCCn1nnnc1[C@@H](c1ccccc1)[NH+]1CC[NH+](C)CC1. The van der Waals surface area contributed by atoms with Crippen LogP contribution in [0, 0.1) is 0 Å². The van der Waals surface area contributed by atoms with Gasteiger partial charge < -0.3 is 14.5 Å². The zero-order valence-corrected chi connectivity index (χ0v) is 13.9. The maximum atomic E-state index is 5.19. The fourth-order valence-corrected chi connectivity index (χ4v) is 3.25. The summed E-state index contributed by atoms with van der Waals surface area (Å²) in [7, 11) is 3.96. The van der Waals surface area contributed by atoms with E-state index in [-0.39, 0.29) is 6.04 Å². The van der Waals surface area contributed by atoms with Gasteiger partial charge in [-0.3, -0.25) is 0 Å². The minimum absolute atomic E-state index is 0.177. The third-order valence-electron chi connectivity index (χ3n) is 4.61. The molecule has 0 aliphatic carbocycles. The summed E-state index contributed by atoms with van der Waals surface area (Å²) in [5.74, 6) is 0.933. The monoisotopic (exact) mass is 318 g/mol. The Bertz CT molecular complexity index is 594. The topological polar surface area (TPSA) is 61.7 Å². The van der Waals surface area contributed by atoms with Crippen LogP contribution in [0.2, 0.25) is 0 Å². The van der Waals surface area contributed by atoms with Crippen LogP contribution in [0.3, 0.4) is 0 Å². The lowest BCUT2D eigenvalue weighted by atomic mass is 10.0. The number of nitrogens with one attached hydrogen (secondary N) is 2. The number of hydrogen-bond donors (Lipinski definition) is 2. The molecule has 1 aromatic heterocycles. The summed E-state index contributed by atoms with van der Waals surface area (Å²) in [6.07, 6.45) is 0. The molecular formula is C16H26N6O+2. The van der Waals surface area contributed by atoms with Crippen LogP contribution in [0.25, 0.3) is 0 Å². The van der Waals surface area contributed by atoms with Crippen molar-refractivity contribution >= 4 is 0 Å². The summed E-state index contributed by atoms with van der Waals surface area (Å²) >= 11 is 0. The van der Waals surface area contributed by atoms with E-state index in [1.165, 1.54) is 23.6 Å². The molecule has 3 rings (SSSR count). The molecule has 1 aliphatic rings. The van der Waals surface area contributed by atoms with E-state index in [0.717, 1.165) is 18.9 Å². The highest BCUT2D eigenvalue weighted by Crippen LogP contribution is 2.16. The normalized spacial score (nSPS) is 22.9. The molecule has 0 amide bonds. The van der Waals surface area contributed by atoms with Crippen LogP contribution < -0.4 is 9.80 Å². The van der Waals surface area contributed by atoms with Crippen LogP contribution in [-0.4, -0.2) is 67.2 Å². The number of quaternary nitrogens is 2. The first-order valence-corrected chi connectivity index (χ1v) is 8.25. The van der Waals surface area contributed by atoms with Gasteiger partial charge in [0.15, 0.2) is 6.04 Å². The second-order valence-corrected chi connectivity index (χ2v) is 6.21. The van der Waals surface area contributed by atoms with Gasteiger partial charge in [-0.1, -0.05) is 30.3 Å². The van der Waals surface area contributed by atoms with Gasteiger partial charge in [-0.25, -0.2) is 4.68 Å². The van der Waals surface area contributed by atoms with Gasteiger partial charge in [0, 0.05) is 12.7 Å². The van der Waals surface area contributed by atoms with E-state index in [1.807, 2.05) is 4.68 Å². The van der Waals surface area contributed by atoms with Crippen molar-refractivity contribution < 1.29 is 14.5 Å². The molecular weight excluding hydrogens is 292 g/mol. The molecule has 0 spiro atoms. The Labute approximate surface area is 136 Å². The highest BCUT2D eigenvalue weighted by atomic mass is 16.5. The van der Waals surface area contributed by atoms with Crippen molar-refractivity contribution in [2.75, 3.05) is 46.9 Å². The average molecular weight is 318 g/mol. The van der Waals surface area contributed by atoms with Crippen molar-refractivity contribution in [2.45, 2.75) is 12.6 Å². The standard InChI is InChI=1S/C16H24N6O/c1-20-8-10-21(11-9-20)15(14-6-4-3-5-7-14)16-17-18-19-22(16)12-13-23-2/h3-7,15H,8-13H2,1-2H3/p+2/t15-/m1/s1. The zero-order chi connectivity index (χ0) is 16.1. The predicted molar refractivity (Wildman–Crippen MR) is 85.3 cm³/mol. The van der Waals surface area contributed by atoms with Crippen LogP contribution in [0.1, 0.15) is 17.4 Å². The lowest BCUT2D eigenvalue weighted by Gasteiger charge is -2.32. The lowest BCUT2D eigenvalue weighted by molar-refractivity contribution is -1.02. The van der Waals surface area contributed by atoms with E-state index < -0.39 is 0 Å². The van der Waals surface area contributed by atoms with Crippen LogP contribution >= 0.6 is 0 Å². The van der Waals surface area contributed by atoms with E-state index in [1.54, 1.807) is 12.0 Å². The second kappa shape index (κ2) is 7.63. The molecule has 2 aromatic rings. The number of likely N-dealkylation sites (N-methyl/N-ethyl adjacent to an activating group) is 1. The molecule has 1 saturated heterocycles. The summed E-state index contributed by atoms with van der Waals surface area (Å²) in [6.45, 7) is 5.91. The molecule has 0 radical (unpaired) electrons. The Kier molecular flexibility index (Phi) is 5.32. The first-order chi connectivity index (χ1) is 11.3. The molecule has 7 nitrogen and oxygen atoms in total. The van der Waals surface area contributed by atoms with Crippen molar-refractivity contribution in [1.29, 1.82) is 0 Å². The fraction of sp³-hybridized carbons (Fsp3) is 0.562. The van der Waals surface area contributed by atoms with Gasteiger partial charge >= 0.3 is 0 Å². The van der Waals surface area contributed by atoms with Crippen molar-refractivity contribution in [1.82, 2.24) is 20.2 Å². The summed E-state index contributed by atoms with van der Waals surface area (Å²) < 4.78 is 7.08. The average Bonchev–Trinajstić information content (AvgIpc) is 3.04. The van der Waals surface area contributed by atoms with Gasteiger partial charge in [0.1, 0.15) is 26.2 Å². The highest BCUT2D eigenvalue weighted by Gasteiger charge is 2.34. The van der Waals surface area contributed by atoms with Crippen LogP contribution in [0.4, 0.5) is 0 Å². The minimum Gasteiger partial charge on any atom is -0.383 e. The van der Waals surface area contributed by atoms with Crippen LogP contribution in [0.5, 0.6) is 0 Å². The third-order valence-corrected chi connectivity index (χ3v) is 4.61. The molecule has 0 unspecified atom stereocenters. The summed E-state index contributed by atoms with van der Waals surface area (Å²) in [6, 6.07) is 10.8. The molecule has 2 heterocycles. The Balaban J connectivity index is 1.91. The van der Waals surface area contributed by atoms with E-state index in [0.29, 0.717) is 13.2 Å². The number of benzene rings is 1. The number of hydrogen-bond acceptors (Lipinski definition) is 4. The molecule has 1 fully saturated rings. The Morgan fingerprint density at radius 3 is 2.61 bits per heavy atom. The van der Waals surface area contributed by atoms with E-state index in [2.05, 4.69) is 52.9 Å². The molecule has 7 heteroatoms. The molecule has 1 aliphatic heterocycles. The molecule has 2 N–H and O–H groups in total. The minimum atomic E-state index is 0.177. The number of piperazine rings is 1. The smallest absolute Gasteiger partial charge is 0.214 e. The fourth-order valence-electron chi connectivity index (χ4n) is 3.25. The quantitative estimate of drug-likeness (QED) is 0.636. The van der Waals surface area contributed by atoms with Crippen molar-refractivity contribution in [3.05, 3.63) is 41.7 Å². The maximum absolute atomic E-state index is 5.19. The van der Waals surface area contributed by atoms with Crippen molar-refractivity contribution in [2.24, 2.45) is 0 Å². The van der Waals surface area contributed by atoms with Gasteiger partial charge in [-0.15, -0.1) is 5.10 Å². The van der Waals surface area contributed by atoms with Gasteiger partial charge in [0.2, 0.25) is 5.82 Å². The molecule has 1 atom stereocenters. The largest absolute Gasteiger partial charge is 0.383 e. The highest BCUT2D eigenvalue weighted by molar-refractivity contribution is 5.22. The van der Waals surface area contributed by atoms with E-state index in [4.69, 9.17) is 4.74 Å². The number of rotatable bonds is 6. The Morgan fingerprint density at radius 1 is 1.17 bits per heavy atom. The number of methoxy groups -OCH3 is 1. The van der Waals surface area contributed by atoms with Crippen molar-refractivity contribution in [3.63, 3.8) is 0 Å². The second-order valence-electron chi connectivity index (χ2n) is 6.21. The lowest BCUT2D eigenvalue weighted by Crippen LogP contribution is -3.27. The van der Waals surface area contributed by atoms with Gasteiger partial charge in [-0.05, 0) is 10.4 Å². The maximum Gasteiger partial charge on any atom is 0.214 e. The number of ether oxygens (including phenoxy) is 1. The number of nitrogens with zero attached hydrogens (tertiary/aromatic N) is 4. The number of aromatic nitrogens is 4. The molecule has 23 heavy (non-hydrogen) atoms. The summed E-state index contributed by atoms with van der Waals surface area (Å²) in [4.78, 5) is 3.13. The molecule has 0 bridgehead atoms. The van der Waals surface area contributed by atoms with E-state index in [9.17, 15) is 0 Å². The predicted octanol–water partition coefficient (Wildman–Crippen LogP) is -2.18. The Hall–Kier alpha value is -1.83. The third kappa shape index (κ3) is 3.74. The molecule has 0 saturated carbocycles. The van der Waals surface area contributed by atoms with E-state index >= 15 is 0 Å².